The van der Waals surface area contributed by atoms with E-state index in [1.807, 2.05) is 24.3 Å². The monoisotopic (exact) mass is 519 g/mol. The van der Waals surface area contributed by atoms with Gasteiger partial charge in [0.1, 0.15) is 17.5 Å². The first-order valence-corrected chi connectivity index (χ1v) is 11.8. The van der Waals surface area contributed by atoms with Crippen LogP contribution < -0.4 is 5.32 Å². The van der Waals surface area contributed by atoms with Crippen molar-refractivity contribution in [2.45, 2.75) is 31.1 Å². The predicted octanol–water partition coefficient (Wildman–Crippen LogP) is 5.06. The van der Waals surface area contributed by atoms with Gasteiger partial charge in [-0.3, -0.25) is 0 Å². The molecule has 192 valence electrons. The molecular weight excluding hydrogens is 499 g/mol. The number of rotatable bonds is 5. The van der Waals surface area contributed by atoms with E-state index < -0.39 is 24.0 Å². The van der Waals surface area contributed by atoms with Crippen molar-refractivity contribution >= 4 is 34.0 Å². The quantitative estimate of drug-likeness (QED) is 0.321. The highest BCUT2D eigenvalue weighted by Gasteiger charge is 2.43. The molecule has 2 aromatic carbocycles. The highest BCUT2D eigenvalue weighted by molar-refractivity contribution is 5.92. The Kier molecular flexibility index (Phi) is 5.66. The van der Waals surface area contributed by atoms with E-state index >= 15 is 0 Å². The predicted molar refractivity (Wildman–Crippen MR) is 132 cm³/mol. The first kappa shape index (κ1) is 23.8. The SMILES string of the molecule is COC(=O)c1ccc(-c2ncnc3c2nc(C(F)(F)F)n3[C@H]2C[C@H](Nc3ncc4ccccc4n3)C2)cc1. The molecule has 1 fully saturated rings. The van der Waals surface area contributed by atoms with Gasteiger partial charge in [-0.05, 0) is 31.0 Å². The number of halogens is 3. The minimum absolute atomic E-state index is 0.0416. The second-order valence-corrected chi connectivity index (χ2v) is 8.99. The van der Waals surface area contributed by atoms with Gasteiger partial charge in [-0.25, -0.2) is 29.7 Å². The number of esters is 1. The topological polar surface area (TPSA) is 108 Å². The van der Waals surface area contributed by atoms with Crippen LogP contribution in [0.5, 0.6) is 0 Å². The van der Waals surface area contributed by atoms with Gasteiger partial charge in [0.05, 0.1) is 18.2 Å². The molecule has 9 nitrogen and oxygen atoms in total. The maximum atomic E-state index is 14.1. The summed E-state index contributed by atoms with van der Waals surface area (Å²) in [6.45, 7) is 0. The van der Waals surface area contributed by atoms with Crippen LogP contribution in [0.4, 0.5) is 19.1 Å². The lowest BCUT2D eigenvalue weighted by molar-refractivity contribution is -0.148. The number of alkyl halides is 3. The number of imidazole rings is 1. The number of methoxy groups -OCH3 is 1. The maximum Gasteiger partial charge on any atom is 0.449 e. The lowest BCUT2D eigenvalue weighted by Gasteiger charge is -2.37. The van der Waals surface area contributed by atoms with Crippen molar-refractivity contribution in [3.05, 3.63) is 72.4 Å². The number of carbonyl (C=O) groups is 1. The van der Waals surface area contributed by atoms with E-state index in [4.69, 9.17) is 4.74 Å². The third-order valence-electron chi connectivity index (χ3n) is 6.61. The van der Waals surface area contributed by atoms with Gasteiger partial charge in [0.15, 0.2) is 5.65 Å². The molecule has 0 unspecified atom stereocenters. The molecular formula is C26H20F3N7O2. The van der Waals surface area contributed by atoms with E-state index in [-0.39, 0.29) is 22.9 Å². The van der Waals surface area contributed by atoms with E-state index in [0.29, 0.717) is 29.9 Å². The summed E-state index contributed by atoms with van der Waals surface area (Å²) in [7, 11) is 1.27. The zero-order valence-electron chi connectivity index (χ0n) is 20.0. The van der Waals surface area contributed by atoms with Crippen molar-refractivity contribution in [3.63, 3.8) is 0 Å². The van der Waals surface area contributed by atoms with E-state index in [1.54, 1.807) is 18.3 Å². The highest BCUT2D eigenvalue weighted by atomic mass is 19.4. The normalized spacial score (nSPS) is 17.4. The van der Waals surface area contributed by atoms with E-state index in [0.717, 1.165) is 15.5 Å². The average molecular weight is 519 g/mol. The summed E-state index contributed by atoms with van der Waals surface area (Å²) in [4.78, 5) is 32.9. The number of benzene rings is 2. The van der Waals surface area contributed by atoms with E-state index in [2.05, 4.69) is 30.2 Å². The number of anilines is 1. The number of hydrogen-bond acceptors (Lipinski definition) is 8. The molecule has 3 heterocycles. The zero-order valence-corrected chi connectivity index (χ0v) is 20.0. The number of fused-ring (bicyclic) bond motifs is 2. The van der Waals surface area contributed by atoms with Crippen LogP contribution in [0.1, 0.15) is 35.1 Å². The number of ether oxygens (including phenoxy) is 1. The number of carbonyl (C=O) groups excluding carboxylic acids is 1. The summed E-state index contributed by atoms with van der Waals surface area (Å²) >= 11 is 0. The summed E-state index contributed by atoms with van der Waals surface area (Å²) in [5.74, 6) is -1.11. The van der Waals surface area contributed by atoms with Gasteiger partial charge in [0, 0.05) is 29.2 Å². The Hall–Kier alpha value is -4.61. The molecule has 0 aliphatic heterocycles. The summed E-state index contributed by atoms with van der Waals surface area (Å²) in [6, 6.07) is 13.2. The molecule has 0 bridgehead atoms. The van der Waals surface area contributed by atoms with E-state index in [1.165, 1.54) is 25.6 Å². The average Bonchev–Trinajstić information content (AvgIpc) is 3.30. The van der Waals surface area contributed by atoms with Crippen molar-refractivity contribution < 1.29 is 22.7 Å². The van der Waals surface area contributed by atoms with Crippen LogP contribution in [0, 0.1) is 0 Å². The van der Waals surface area contributed by atoms with Crippen molar-refractivity contribution in [1.82, 2.24) is 29.5 Å². The molecule has 3 aromatic heterocycles. The highest BCUT2D eigenvalue weighted by Crippen LogP contribution is 2.42. The summed E-state index contributed by atoms with van der Waals surface area (Å²) in [5.41, 5.74) is 1.99. The van der Waals surface area contributed by atoms with Crippen LogP contribution in [0.3, 0.4) is 0 Å². The fourth-order valence-corrected chi connectivity index (χ4v) is 4.69. The van der Waals surface area contributed by atoms with Gasteiger partial charge in [0.2, 0.25) is 11.8 Å². The minimum Gasteiger partial charge on any atom is -0.465 e. The van der Waals surface area contributed by atoms with Crippen molar-refractivity contribution in [2.24, 2.45) is 0 Å². The summed E-state index contributed by atoms with van der Waals surface area (Å²) in [6.07, 6.45) is -0.924. The van der Waals surface area contributed by atoms with Crippen LogP contribution >= 0.6 is 0 Å². The molecule has 0 amide bonds. The van der Waals surface area contributed by atoms with Gasteiger partial charge in [0.25, 0.3) is 0 Å². The largest absolute Gasteiger partial charge is 0.465 e. The minimum atomic E-state index is -4.69. The molecule has 6 rings (SSSR count). The Labute approximate surface area is 213 Å². The Morgan fingerprint density at radius 3 is 2.53 bits per heavy atom. The lowest BCUT2D eigenvalue weighted by Crippen LogP contribution is -2.38. The molecule has 38 heavy (non-hydrogen) atoms. The first-order valence-electron chi connectivity index (χ1n) is 11.8. The molecule has 0 spiro atoms. The third kappa shape index (κ3) is 4.17. The van der Waals surface area contributed by atoms with Crippen molar-refractivity contribution in [2.75, 3.05) is 12.4 Å². The van der Waals surface area contributed by atoms with Crippen LogP contribution in [0.2, 0.25) is 0 Å². The van der Waals surface area contributed by atoms with Gasteiger partial charge < -0.3 is 14.6 Å². The van der Waals surface area contributed by atoms with Gasteiger partial charge >= 0.3 is 12.1 Å². The number of nitrogens with one attached hydrogen (secondary N) is 1. The third-order valence-corrected chi connectivity index (χ3v) is 6.61. The first-order chi connectivity index (χ1) is 18.3. The Morgan fingerprint density at radius 1 is 1.03 bits per heavy atom. The second kappa shape index (κ2) is 9.05. The number of para-hydroxylation sites is 1. The van der Waals surface area contributed by atoms with Crippen molar-refractivity contribution in [1.29, 1.82) is 0 Å². The molecule has 1 aliphatic carbocycles. The number of aromatic nitrogens is 6. The fourth-order valence-electron chi connectivity index (χ4n) is 4.69. The molecule has 1 aliphatic rings. The second-order valence-electron chi connectivity index (χ2n) is 8.99. The summed E-state index contributed by atoms with van der Waals surface area (Å²) in [5, 5.41) is 4.12. The van der Waals surface area contributed by atoms with Crippen molar-refractivity contribution in [3.8, 4) is 11.3 Å². The zero-order chi connectivity index (χ0) is 26.4. The van der Waals surface area contributed by atoms with Gasteiger partial charge in [-0.1, -0.05) is 30.3 Å². The number of hydrogen-bond donors (Lipinski definition) is 1. The van der Waals surface area contributed by atoms with Crippen LogP contribution in [-0.4, -0.2) is 48.6 Å². The molecule has 12 heteroatoms. The molecule has 1 N–H and O–H groups in total. The molecule has 0 saturated heterocycles. The standard InChI is InChI=1S/C26H20F3N7O2/c1-38-23(37)15-8-6-14(7-9-15)20-21-22(32-13-31-20)36(24(35-21)26(27,28)29)18-10-17(11-18)33-25-30-12-16-4-2-3-5-19(16)34-25/h2-9,12-13,17-18H,10-11H2,1H3,(H,30,33,34)/t17-,18-. The molecule has 0 radical (unpaired) electrons. The van der Waals surface area contributed by atoms with Crippen LogP contribution in [0.25, 0.3) is 33.3 Å². The Balaban J connectivity index is 1.30. The van der Waals surface area contributed by atoms with E-state index in [9.17, 15) is 18.0 Å². The molecule has 5 aromatic rings. The van der Waals surface area contributed by atoms with Crippen LogP contribution in [-0.2, 0) is 10.9 Å². The van der Waals surface area contributed by atoms with Crippen LogP contribution in [0.15, 0.2) is 61.1 Å². The summed E-state index contributed by atoms with van der Waals surface area (Å²) < 4.78 is 48.1. The fraction of sp³-hybridized carbons (Fsp3) is 0.231. The number of nitrogens with zero attached hydrogens (tertiary/aromatic N) is 6. The Morgan fingerprint density at radius 2 is 1.79 bits per heavy atom. The van der Waals surface area contributed by atoms with Gasteiger partial charge in [-0.2, -0.15) is 13.2 Å². The maximum absolute atomic E-state index is 14.1. The Bertz CT molecular complexity index is 1660. The lowest BCUT2D eigenvalue weighted by atomic mass is 9.86. The van der Waals surface area contributed by atoms with Gasteiger partial charge in [-0.15, -0.1) is 0 Å². The smallest absolute Gasteiger partial charge is 0.449 e. The molecule has 0 atom stereocenters. The molecule has 1 saturated carbocycles.